The summed E-state index contributed by atoms with van der Waals surface area (Å²) >= 11 is 0. The number of carbonyl (C=O) groups excluding carboxylic acids is 1. The smallest absolute Gasteiger partial charge is 0.230 e. The number of aromatic nitrogens is 1. The molecular formula is C22H26N4O2. The monoisotopic (exact) mass is 378 g/mol. The van der Waals surface area contributed by atoms with Crippen molar-refractivity contribution >= 4 is 28.3 Å². The third kappa shape index (κ3) is 3.87. The van der Waals surface area contributed by atoms with Crippen molar-refractivity contribution in [2.45, 2.75) is 20.3 Å². The molecule has 1 fully saturated rings. The second kappa shape index (κ2) is 7.64. The third-order valence-electron chi connectivity index (χ3n) is 5.51. The molecule has 28 heavy (non-hydrogen) atoms. The van der Waals surface area contributed by atoms with Gasteiger partial charge >= 0.3 is 0 Å². The van der Waals surface area contributed by atoms with Crippen molar-refractivity contribution in [1.29, 1.82) is 0 Å². The molecule has 1 N–H and O–H groups in total. The van der Waals surface area contributed by atoms with Gasteiger partial charge in [0.1, 0.15) is 5.69 Å². The molecule has 6 nitrogen and oxygen atoms in total. The van der Waals surface area contributed by atoms with Gasteiger partial charge in [0.25, 0.3) is 0 Å². The van der Waals surface area contributed by atoms with Gasteiger partial charge in [0.15, 0.2) is 5.58 Å². The predicted molar refractivity (Wildman–Crippen MR) is 112 cm³/mol. The molecule has 0 unspecified atom stereocenters. The highest BCUT2D eigenvalue weighted by Gasteiger charge is 2.16. The lowest BCUT2D eigenvalue weighted by Gasteiger charge is -2.34. The van der Waals surface area contributed by atoms with Crippen LogP contribution in [0.2, 0.25) is 0 Å². The normalized spacial score (nSPS) is 15.2. The summed E-state index contributed by atoms with van der Waals surface area (Å²) in [7, 11) is 2.15. The number of fused-ring (bicyclic) bond motifs is 1. The van der Waals surface area contributed by atoms with E-state index in [0.29, 0.717) is 5.69 Å². The fourth-order valence-corrected chi connectivity index (χ4v) is 3.55. The number of amides is 1. The molecular weight excluding hydrogens is 352 g/mol. The summed E-state index contributed by atoms with van der Waals surface area (Å²) in [6, 6.07) is 12.1. The highest BCUT2D eigenvalue weighted by molar-refractivity contribution is 5.95. The molecule has 6 heteroatoms. The van der Waals surface area contributed by atoms with E-state index in [4.69, 9.17) is 4.52 Å². The van der Waals surface area contributed by atoms with E-state index in [0.717, 1.165) is 54.0 Å². The number of hydrogen-bond donors (Lipinski definition) is 1. The second-order valence-corrected chi connectivity index (χ2v) is 7.62. The summed E-state index contributed by atoms with van der Waals surface area (Å²) < 4.78 is 5.39. The number of carbonyl (C=O) groups is 1. The van der Waals surface area contributed by atoms with Crippen LogP contribution in [0.15, 0.2) is 40.9 Å². The van der Waals surface area contributed by atoms with Crippen LogP contribution in [-0.2, 0) is 11.2 Å². The number of nitrogens with zero attached hydrogens (tertiary/aromatic N) is 3. The fraction of sp³-hybridized carbons (Fsp3) is 0.364. The number of nitrogens with one attached hydrogen (secondary N) is 1. The molecule has 1 aromatic heterocycles. The first kappa shape index (κ1) is 18.5. The maximum absolute atomic E-state index is 12.5. The SMILES string of the molecule is Cc1cc2onc(CC(=O)Nc3ccc(N4CCN(C)CC4)cc3)c2cc1C. The first-order chi connectivity index (χ1) is 13.5. The minimum Gasteiger partial charge on any atom is -0.369 e. The third-order valence-corrected chi connectivity index (χ3v) is 5.51. The van der Waals surface area contributed by atoms with Crippen molar-refractivity contribution in [3.05, 3.63) is 53.2 Å². The Labute approximate surface area is 165 Å². The molecule has 0 saturated carbocycles. The summed E-state index contributed by atoms with van der Waals surface area (Å²) in [5.41, 5.74) is 5.70. The first-order valence-electron chi connectivity index (χ1n) is 9.68. The summed E-state index contributed by atoms with van der Waals surface area (Å²) in [5, 5.41) is 7.96. The Kier molecular flexibility index (Phi) is 5.05. The molecule has 1 aliphatic rings. The standard InChI is InChI=1S/C22H26N4O2/c1-15-12-19-20(24-28-21(19)13-16(15)2)14-22(27)23-17-4-6-18(7-5-17)26-10-8-25(3)9-11-26/h4-7,12-13H,8-11,14H2,1-3H3,(H,23,27). The highest BCUT2D eigenvalue weighted by atomic mass is 16.5. The van der Waals surface area contributed by atoms with Crippen molar-refractivity contribution in [2.75, 3.05) is 43.4 Å². The minimum atomic E-state index is -0.0965. The van der Waals surface area contributed by atoms with E-state index in [1.807, 2.05) is 38.1 Å². The van der Waals surface area contributed by atoms with Crippen LogP contribution < -0.4 is 10.2 Å². The molecule has 0 aliphatic carbocycles. The Morgan fingerprint density at radius 2 is 1.75 bits per heavy atom. The maximum Gasteiger partial charge on any atom is 0.230 e. The summed E-state index contributed by atoms with van der Waals surface area (Å²) in [5.74, 6) is -0.0965. The number of hydrogen-bond acceptors (Lipinski definition) is 5. The van der Waals surface area contributed by atoms with Crippen LogP contribution in [0.3, 0.4) is 0 Å². The van der Waals surface area contributed by atoms with Crippen molar-refractivity contribution < 1.29 is 9.32 Å². The average molecular weight is 378 g/mol. The number of piperazine rings is 1. The van der Waals surface area contributed by atoms with Gasteiger partial charge in [-0.25, -0.2) is 0 Å². The molecule has 146 valence electrons. The van der Waals surface area contributed by atoms with Crippen LogP contribution in [-0.4, -0.2) is 49.2 Å². The van der Waals surface area contributed by atoms with Crippen LogP contribution in [0.1, 0.15) is 16.8 Å². The van der Waals surface area contributed by atoms with Gasteiger partial charge in [0.05, 0.1) is 6.42 Å². The van der Waals surface area contributed by atoms with Gasteiger partial charge in [-0.15, -0.1) is 0 Å². The zero-order valence-electron chi connectivity index (χ0n) is 16.7. The van der Waals surface area contributed by atoms with Gasteiger partial charge in [-0.2, -0.15) is 0 Å². The lowest BCUT2D eigenvalue weighted by molar-refractivity contribution is -0.115. The Balaban J connectivity index is 1.41. The Hall–Kier alpha value is -2.86. The lowest BCUT2D eigenvalue weighted by atomic mass is 10.1. The topological polar surface area (TPSA) is 61.6 Å². The molecule has 1 aliphatic heterocycles. The quantitative estimate of drug-likeness (QED) is 0.754. The number of benzene rings is 2. The molecule has 2 aromatic carbocycles. The molecule has 1 saturated heterocycles. The first-order valence-corrected chi connectivity index (χ1v) is 9.68. The van der Waals surface area contributed by atoms with Crippen molar-refractivity contribution in [3.8, 4) is 0 Å². The van der Waals surface area contributed by atoms with Crippen LogP contribution >= 0.6 is 0 Å². The number of aryl methyl sites for hydroxylation is 2. The molecule has 0 atom stereocenters. The van der Waals surface area contributed by atoms with E-state index in [1.54, 1.807) is 0 Å². The molecule has 2 heterocycles. The van der Waals surface area contributed by atoms with E-state index >= 15 is 0 Å². The number of likely N-dealkylation sites (N-methyl/N-ethyl adjacent to an activating group) is 1. The van der Waals surface area contributed by atoms with Gasteiger partial charge in [0.2, 0.25) is 5.91 Å². The maximum atomic E-state index is 12.5. The zero-order valence-corrected chi connectivity index (χ0v) is 16.7. The van der Waals surface area contributed by atoms with Crippen LogP contribution in [0, 0.1) is 13.8 Å². The van der Waals surface area contributed by atoms with E-state index in [1.165, 1.54) is 5.69 Å². The van der Waals surface area contributed by atoms with Crippen LogP contribution in [0.25, 0.3) is 11.0 Å². The van der Waals surface area contributed by atoms with Crippen molar-refractivity contribution in [2.24, 2.45) is 0 Å². The lowest BCUT2D eigenvalue weighted by Crippen LogP contribution is -2.44. The van der Waals surface area contributed by atoms with Gasteiger partial charge in [-0.3, -0.25) is 4.79 Å². The van der Waals surface area contributed by atoms with Gasteiger partial charge in [-0.1, -0.05) is 5.16 Å². The number of anilines is 2. The molecule has 0 bridgehead atoms. The molecule has 0 radical (unpaired) electrons. The highest BCUT2D eigenvalue weighted by Crippen LogP contribution is 2.24. The van der Waals surface area contributed by atoms with Crippen LogP contribution in [0.4, 0.5) is 11.4 Å². The Morgan fingerprint density at radius 3 is 2.46 bits per heavy atom. The van der Waals surface area contributed by atoms with Crippen molar-refractivity contribution in [1.82, 2.24) is 10.1 Å². The van der Waals surface area contributed by atoms with Crippen molar-refractivity contribution in [3.63, 3.8) is 0 Å². The summed E-state index contributed by atoms with van der Waals surface area (Å²) in [4.78, 5) is 17.2. The zero-order chi connectivity index (χ0) is 19.7. The van der Waals surface area contributed by atoms with Crippen LogP contribution in [0.5, 0.6) is 0 Å². The molecule has 1 amide bonds. The summed E-state index contributed by atoms with van der Waals surface area (Å²) in [6.45, 7) is 8.29. The fourth-order valence-electron chi connectivity index (χ4n) is 3.55. The molecule has 4 rings (SSSR count). The second-order valence-electron chi connectivity index (χ2n) is 7.62. The van der Waals surface area contributed by atoms with E-state index in [9.17, 15) is 4.79 Å². The average Bonchev–Trinajstić information content (AvgIpc) is 3.05. The van der Waals surface area contributed by atoms with Gasteiger partial charge in [0, 0.05) is 42.9 Å². The number of rotatable bonds is 4. The minimum absolute atomic E-state index is 0.0965. The molecule has 3 aromatic rings. The summed E-state index contributed by atoms with van der Waals surface area (Å²) in [6.07, 6.45) is 0.190. The van der Waals surface area contributed by atoms with E-state index in [2.05, 4.69) is 39.5 Å². The van der Waals surface area contributed by atoms with Gasteiger partial charge < -0.3 is 19.6 Å². The molecule has 0 spiro atoms. The Morgan fingerprint density at radius 1 is 1.07 bits per heavy atom. The van der Waals surface area contributed by atoms with E-state index < -0.39 is 0 Å². The predicted octanol–water partition coefficient (Wildman–Crippen LogP) is 3.38. The largest absolute Gasteiger partial charge is 0.369 e. The van der Waals surface area contributed by atoms with Gasteiger partial charge in [-0.05, 0) is 68.4 Å². The van der Waals surface area contributed by atoms with E-state index in [-0.39, 0.29) is 12.3 Å². The Bertz CT molecular complexity index is 986.